The van der Waals surface area contributed by atoms with E-state index in [1.54, 1.807) is 22.7 Å². The molecule has 4 nitrogen and oxygen atoms in total. The molecule has 132 valence electrons. The zero-order valence-electron chi connectivity index (χ0n) is 14.1. The van der Waals surface area contributed by atoms with Crippen LogP contribution in [0.25, 0.3) is 0 Å². The van der Waals surface area contributed by atoms with E-state index in [2.05, 4.69) is 10.2 Å². The Hall–Kier alpha value is -2.89. The maximum absolute atomic E-state index is 12.9. The molecular formula is C21H14ClN3OS. The highest BCUT2D eigenvalue weighted by Crippen LogP contribution is 2.47. The summed E-state index contributed by atoms with van der Waals surface area (Å²) in [5.41, 5.74) is 2.43. The van der Waals surface area contributed by atoms with Crippen LogP contribution < -0.4 is 4.90 Å². The molecule has 0 fully saturated rings. The number of hydrogen-bond acceptors (Lipinski definition) is 4. The summed E-state index contributed by atoms with van der Waals surface area (Å²) in [6.07, 6.45) is 2.75. The molecule has 0 atom stereocenters. The van der Waals surface area contributed by atoms with E-state index >= 15 is 0 Å². The summed E-state index contributed by atoms with van der Waals surface area (Å²) in [6, 6.07) is 22.9. The molecule has 0 spiro atoms. The Labute approximate surface area is 166 Å². The number of para-hydroxylation sites is 2. The van der Waals surface area contributed by atoms with E-state index in [1.807, 2.05) is 66.7 Å². The second-order valence-corrected chi connectivity index (χ2v) is 7.21. The summed E-state index contributed by atoms with van der Waals surface area (Å²) in [5, 5.41) is 8.46. The van der Waals surface area contributed by atoms with Crippen molar-refractivity contribution < 1.29 is 4.79 Å². The van der Waals surface area contributed by atoms with Crippen LogP contribution in [0.1, 0.15) is 5.56 Å². The topological polar surface area (TPSA) is 45.0 Å². The van der Waals surface area contributed by atoms with Gasteiger partial charge in [0.1, 0.15) is 6.21 Å². The molecule has 1 aliphatic heterocycles. The lowest BCUT2D eigenvalue weighted by molar-refractivity contribution is -0.111. The van der Waals surface area contributed by atoms with Crippen LogP contribution in [-0.2, 0) is 4.79 Å². The summed E-state index contributed by atoms with van der Waals surface area (Å²) < 4.78 is 0. The molecule has 0 radical (unpaired) electrons. The maximum atomic E-state index is 12.9. The Morgan fingerprint density at radius 3 is 2.11 bits per heavy atom. The summed E-state index contributed by atoms with van der Waals surface area (Å²) in [4.78, 5) is 16.6. The Bertz CT molecular complexity index is 1020. The molecule has 1 aliphatic rings. The molecule has 27 heavy (non-hydrogen) atoms. The average molecular weight is 392 g/mol. The summed E-state index contributed by atoms with van der Waals surface area (Å²) in [6.45, 7) is 0. The molecule has 0 bridgehead atoms. The largest absolute Gasteiger partial charge is 0.275 e. The van der Waals surface area contributed by atoms with Gasteiger partial charge in [0.05, 0.1) is 17.6 Å². The number of halogens is 1. The first-order valence-electron chi connectivity index (χ1n) is 8.25. The Morgan fingerprint density at radius 1 is 0.852 bits per heavy atom. The highest BCUT2D eigenvalue weighted by atomic mass is 35.5. The SMILES string of the molecule is O=C(/C=N/N=C/c1ccccc1Cl)N1c2ccccc2Sc2ccccc21. The Balaban J connectivity index is 1.61. The number of amides is 1. The van der Waals surface area contributed by atoms with Gasteiger partial charge in [-0.3, -0.25) is 9.69 Å². The fraction of sp³-hybridized carbons (Fsp3) is 0. The van der Waals surface area contributed by atoms with Crippen molar-refractivity contribution in [2.45, 2.75) is 9.79 Å². The van der Waals surface area contributed by atoms with Crippen LogP contribution >= 0.6 is 23.4 Å². The lowest BCUT2D eigenvalue weighted by atomic mass is 10.2. The molecule has 0 aromatic heterocycles. The van der Waals surface area contributed by atoms with Crippen LogP contribution in [-0.4, -0.2) is 18.3 Å². The predicted octanol–water partition coefficient (Wildman–Crippen LogP) is 5.57. The van der Waals surface area contributed by atoms with Gasteiger partial charge in [-0.25, -0.2) is 0 Å². The monoisotopic (exact) mass is 391 g/mol. The van der Waals surface area contributed by atoms with Gasteiger partial charge in [-0.05, 0) is 30.3 Å². The normalized spacial score (nSPS) is 13.0. The fourth-order valence-corrected chi connectivity index (χ4v) is 4.00. The minimum Gasteiger partial charge on any atom is -0.274 e. The highest BCUT2D eigenvalue weighted by molar-refractivity contribution is 7.99. The van der Waals surface area contributed by atoms with Crippen LogP contribution in [0, 0.1) is 0 Å². The third-order valence-electron chi connectivity index (χ3n) is 3.99. The van der Waals surface area contributed by atoms with Crippen molar-refractivity contribution in [2.24, 2.45) is 10.2 Å². The zero-order valence-corrected chi connectivity index (χ0v) is 15.7. The van der Waals surface area contributed by atoms with Crippen molar-refractivity contribution in [3.05, 3.63) is 83.4 Å². The lowest BCUT2D eigenvalue weighted by Crippen LogP contribution is -2.29. The average Bonchev–Trinajstić information content (AvgIpc) is 2.70. The third kappa shape index (κ3) is 3.65. The number of hydrogen-bond donors (Lipinski definition) is 0. The molecule has 0 aliphatic carbocycles. The Morgan fingerprint density at radius 2 is 1.44 bits per heavy atom. The maximum Gasteiger partial charge on any atom is 0.275 e. The quantitative estimate of drug-likeness (QED) is 0.432. The molecule has 4 rings (SSSR count). The molecule has 6 heteroatoms. The molecule has 0 unspecified atom stereocenters. The van der Waals surface area contributed by atoms with Gasteiger partial charge < -0.3 is 0 Å². The molecular weight excluding hydrogens is 378 g/mol. The number of benzene rings is 3. The Kier molecular flexibility index (Phi) is 5.05. The first-order chi connectivity index (χ1) is 13.2. The number of anilines is 2. The first-order valence-corrected chi connectivity index (χ1v) is 9.44. The van der Waals surface area contributed by atoms with Gasteiger partial charge >= 0.3 is 0 Å². The number of fused-ring (bicyclic) bond motifs is 2. The van der Waals surface area contributed by atoms with E-state index in [9.17, 15) is 4.79 Å². The van der Waals surface area contributed by atoms with Crippen molar-refractivity contribution in [2.75, 3.05) is 4.90 Å². The molecule has 1 heterocycles. The van der Waals surface area contributed by atoms with Crippen LogP contribution in [0.3, 0.4) is 0 Å². The number of nitrogens with zero attached hydrogens (tertiary/aromatic N) is 3. The van der Waals surface area contributed by atoms with Crippen molar-refractivity contribution >= 4 is 53.1 Å². The van der Waals surface area contributed by atoms with E-state index in [1.165, 1.54) is 12.4 Å². The zero-order chi connectivity index (χ0) is 18.6. The van der Waals surface area contributed by atoms with Crippen LogP contribution in [0.4, 0.5) is 11.4 Å². The van der Waals surface area contributed by atoms with Crippen molar-refractivity contribution in [3.63, 3.8) is 0 Å². The third-order valence-corrected chi connectivity index (χ3v) is 5.46. The van der Waals surface area contributed by atoms with Gasteiger partial charge in [-0.2, -0.15) is 10.2 Å². The van der Waals surface area contributed by atoms with Crippen LogP contribution in [0.5, 0.6) is 0 Å². The molecule has 0 saturated carbocycles. The molecule has 1 amide bonds. The lowest BCUT2D eigenvalue weighted by Gasteiger charge is -2.29. The number of carbonyl (C=O) groups excluding carboxylic acids is 1. The van der Waals surface area contributed by atoms with Crippen molar-refractivity contribution in [3.8, 4) is 0 Å². The molecule has 3 aromatic rings. The van der Waals surface area contributed by atoms with Crippen LogP contribution in [0.2, 0.25) is 5.02 Å². The summed E-state index contributed by atoms with van der Waals surface area (Å²) in [7, 11) is 0. The van der Waals surface area contributed by atoms with E-state index in [-0.39, 0.29) is 5.91 Å². The smallest absolute Gasteiger partial charge is 0.274 e. The van der Waals surface area contributed by atoms with Gasteiger partial charge in [0.25, 0.3) is 5.91 Å². The van der Waals surface area contributed by atoms with E-state index in [0.29, 0.717) is 5.02 Å². The minimum absolute atomic E-state index is 0.258. The molecule has 0 N–H and O–H groups in total. The second kappa shape index (κ2) is 7.78. The van der Waals surface area contributed by atoms with Gasteiger partial charge in [-0.15, -0.1) is 0 Å². The molecule has 0 saturated heterocycles. The summed E-state index contributed by atoms with van der Waals surface area (Å²) >= 11 is 7.73. The van der Waals surface area contributed by atoms with Gasteiger partial charge in [0.2, 0.25) is 0 Å². The highest BCUT2D eigenvalue weighted by Gasteiger charge is 2.26. The van der Waals surface area contributed by atoms with Crippen molar-refractivity contribution in [1.29, 1.82) is 0 Å². The van der Waals surface area contributed by atoms with E-state index < -0.39 is 0 Å². The number of rotatable bonds is 3. The first kappa shape index (κ1) is 17.5. The minimum atomic E-state index is -0.258. The second-order valence-electron chi connectivity index (χ2n) is 5.72. The summed E-state index contributed by atoms with van der Waals surface area (Å²) in [5.74, 6) is -0.258. The standard InChI is InChI=1S/C21H14ClN3OS/c22-16-8-2-1-7-15(16)13-23-24-14-21(26)25-17-9-3-5-11-19(17)27-20-12-6-4-10-18(20)25/h1-14H/b23-13+,24-14+. The van der Waals surface area contributed by atoms with Gasteiger partial charge in [0.15, 0.2) is 0 Å². The van der Waals surface area contributed by atoms with Crippen molar-refractivity contribution in [1.82, 2.24) is 0 Å². The van der Waals surface area contributed by atoms with E-state index in [0.717, 1.165) is 26.7 Å². The van der Waals surface area contributed by atoms with E-state index in [4.69, 9.17) is 11.6 Å². The van der Waals surface area contributed by atoms with Gasteiger partial charge in [-0.1, -0.05) is 65.8 Å². The predicted molar refractivity (Wildman–Crippen MR) is 112 cm³/mol. The number of carbonyl (C=O) groups is 1. The molecule has 3 aromatic carbocycles. The van der Waals surface area contributed by atoms with Crippen LogP contribution in [0.15, 0.2) is 92.8 Å². The fourth-order valence-electron chi connectivity index (χ4n) is 2.76. The van der Waals surface area contributed by atoms with Gasteiger partial charge in [0, 0.05) is 20.4 Å².